The number of rotatable bonds is 7. The molecule has 0 aliphatic carbocycles. The number of alkyl halides is 2. The van der Waals surface area contributed by atoms with E-state index in [1.807, 2.05) is 13.8 Å². The number of halogens is 2. The molecular formula is C20H23F2NO4. The number of amides is 1. The largest absolute Gasteiger partial charge is 0.493 e. The van der Waals surface area contributed by atoms with E-state index in [9.17, 15) is 13.6 Å². The van der Waals surface area contributed by atoms with E-state index in [4.69, 9.17) is 9.47 Å². The topological polar surface area (TPSA) is 56.8 Å². The van der Waals surface area contributed by atoms with Crippen molar-refractivity contribution in [3.63, 3.8) is 0 Å². The van der Waals surface area contributed by atoms with Crippen molar-refractivity contribution in [3.8, 4) is 11.5 Å². The van der Waals surface area contributed by atoms with Crippen molar-refractivity contribution in [2.45, 2.75) is 33.8 Å². The van der Waals surface area contributed by atoms with E-state index in [-0.39, 0.29) is 17.9 Å². The van der Waals surface area contributed by atoms with Crippen LogP contribution in [0.5, 0.6) is 11.5 Å². The Morgan fingerprint density at radius 1 is 1.11 bits per heavy atom. The summed E-state index contributed by atoms with van der Waals surface area (Å²) in [7, 11) is 1.25. The van der Waals surface area contributed by atoms with Gasteiger partial charge in [0.1, 0.15) is 18.1 Å². The van der Waals surface area contributed by atoms with Gasteiger partial charge in [0.15, 0.2) is 0 Å². The van der Waals surface area contributed by atoms with E-state index in [2.05, 4.69) is 10.1 Å². The molecule has 5 nitrogen and oxygen atoms in total. The lowest BCUT2D eigenvalue weighted by molar-refractivity contribution is 0.144. The van der Waals surface area contributed by atoms with E-state index in [1.165, 1.54) is 13.2 Å². The first-order valence-corrected chi connectivity index (χ1v) is 8.49. The number of methoxy groups -OCH3 is 1. The summed E-state index contributed by atoms with van der Waals surface area (Å²) in [5.41, 5.74) is 2.40. The molecule has 7 heteroatoms. The van der Waals surface area contributed by atoms with Crippen LogP contribution in [0.25, 0.3) is 0 Å². The fraction of sp³-hybridized carbons (Fsp3) is 0.350. The summed E-state index contributed by atoms with van der Waals surface area (Å²) in [6, 6.07) is 8.11. The van der Waals surface area contributed by atoms with Crippen molar-refractivity contribution in [3.05, 3.63) is 52.6 Å². The Hall–Kier alpha value is -2.83. The number of benzene rings is 2. The van der Waals surface area contributed by atoms with Gasteiger partial charge in [0.2, 0.25) is 0 Å². The molecule has 1 N–H and O–H groups in total. The van der Waals surface area contributed by atoms with Crippen LogP contribution in [0.3, 0.4) is 0 Å². The zero-order valence-corrected chi connectivity index (χ0v) is 15.8. The predicted molar refractivity (Wildman–Crippen MR) is 98.8 cm³/mol. The second-order valence-corrected chi connectivity index (χ2v) is 5.90. The van der Waals surface area contributed by atoms with Gasteiger partial charge in [0, 0.05) is 0 Å². The summed E-state index contributed by atoms with van der Waals surface area (Å²) in [5.74, 6) is 0.595. The summed E-state index contributed by atoms with van der Waals surface area (Å²) < 4.78 is 42.7. The van der Waals surface area contributed by atoms with E-state index in [0.717, 1.165) is 11.1 Å². The van der Waals surface area contributed by atoms with Crippen molar-refractivity contribution < 1.29 is 27.8 Å². The van der Waals surface area contributed by atoms with E-state index >= 15 is 0 Å². The molecule has 0 aliphatic rings. The van der Waals surface area contributed by atoms with E-state index in [0.29, 0.717) is 23.6 Å². The minimum Gasteiger partial charge on any atom is -0.493 e. The highest BCUT2D eigenvalue weighted by Gasteiger charge is 2.18. The molecule has 0 radical (unpaired) electrons. The molecule has 0 aromatic heterocycles. The van der Waals surface area contributed by atoms with Crippen molar-refractivity contribution in [2.24, 2.45) is 0 Å². The van der Waals surface area contributed by atoms with Gasteiger partial charge < -0.3 is 14.2 Å². The Morgan fingerprint density at radius 3 is 2.44 bits per heavy atom. The number of nitrogens with one attached hydrogen (secondary N) is 1. The van der Waals surface area contributed by atoms with Crippen molar-refractivity contribution >= 4 is 11.8 Å². The molecule has 2 aromatic rings. The first-order valence-electron chi connectivity index (χ1n) is 8.49. The lowest BCUT2D eigenvalue weighted by Gasteiger charge is -2.18. The Bertz CT molecular complexity index is 809. The predicted octanol–water partition coefficient (Wildman–Crippen LogP) is 5.40. The van der Waals surface area contributed by atoms with Crippen molar-refractivity contribution in [1.29, 1.82) is 0 Å². The third kappa shape index (κ3) is 5.09. The zero-order valence-electron chi connectivity index (χ0n) is 15.8. The molecule has 0 aliphatic heterocycles. The number of carbonyl (C=O) groups excluding carboxylic acids is 1. The zero-order chi connectivity index (χ0) is 20.0. The van der Waals surface area contributed by atoms with Gasteiger partial charge >= 0.3 is 6.09 Å². The van der Waals surface area contributed by atoms with E-state index < -0.39 is 12.5 Å². The molecule has 0 unspecified atom stereocenters. The second-order valence-electron chi connectivity index (χ2n) is 5.90. The van der Waals surface area contributed by atoms with Crippen LogP contribution in [0.2, 0.25) is 0 Å². The molecular weight excluding hydrogens is 356 g/mol. The first kappa shape index (κ1) is 20.5. The molecule has 0 atom stereocenters. The standard InChI is InChI=1S/C20H23F2NO4/c1-5-26-17-8-6-7-16(23-20(24)25-4)15(17)11-27-18-10-13(3)12(2)9-14(18)19(21)22/h6-10,19H,5,11H2,1-4H3,(H,23,24). The number of aryl methyl sites for hydroxylation is 2. The molecule has 0 saturated carbocycles. The third-order valence-corrected chi connectivity index (χ3v) is 4.09. The maximum atomic E-state index is 13.4. The summed E-state index contributed by atoms with van der Waals surface area (Å²) in [6.07, 6.45) is -3.31. The van der Waals surface area contributed by atoms with Crippen LogP contribution < -0.4 is 14.8 Å². The SMILES string of the molecule is CCOc1cccc(NC(=O)OC)c1COc1cc(C)c(C)cc1C(F)F. The molecule has 0 bridgehead atoms. The first-order chi connectivity index (χ1) is 12.9. The highest BCUT2D eigenvalue weighted by molar-refractivity contribution is 5.86. The van der Waals surface area contributed by atoms with Crippen LogP contribution >= 0.6 is 0 Å². The number of hydrogen-bond donors (Lipinski definition) is 1. The molecule has 0 spiro atoms. The third-order valence-electron chi connectivity index (χ3n) is 4.09. The Kier molecular flexibility index (Phi) is 6.98. The van der Waals surface area contributed by atoms with Crippen molar-refractivity contribution in [1.82, 2.24) is 0 Å². The smallest absolute Gasteiger partial charge is 0.411 e. The number of anilines is 1. The lowest BCUT2D eigenvalue weighted by atomic mass is 10.1. The fourth-order valence-electron chi connectivity index (χ4n) is 2.54. The molecule has 2 rings (SSSR count). The normalized spacial score (nSPS) is 10.6. The van der Waals surface area contributed by atoms with Gasteiger partial charge in [-0.3, -0.25) is 5.32 Å². The molecule has 1 amide bonds. The van der Waals surface area contributed by atoms with Gasteiger partial charge in [0.25, 0.3) is 6.43 Å². The van der Waals surface area contributed by atoms with Gasteiger partial charge in [-0.15, -0.1) is 0 Å². The molecule has 0 heterocycles. The van der Waals surface area contributed by atoms with Crippen molar-refractivity contribution in [2.75, 3.05) is 19.0 Å². The van der Waals surface area contributed by atoms with Crippen LogP contribution in [0.1, 0.15) is 35.6 Å². The highest BCUT2D eigenvalue weighted by Crippen LogP contribution is 2.34. The summed E-state index contributed by atoms with van der Waals surface area (Å²) in [4.78, 5) is 11.6. The average Bonchev–Trinajstić information content (AvgIpc) is 2.63. The van der Waals surface area contributed by atoms with Crippen LogP contribution in [0.15, 0.2) is 30.3 Å². The monoisotopic (exact) mass is 379 g/mol. The summed E-state index contributed by atoms with van der Waals surface area (Å²) in [5, 5.41) is 2.58. The van der Waals surface area contributed by atoms with Gasteiger partial charge in [-0.2, -0.15) is 0 Å². The fourth-order valence-corrected chi connectivity index (χ4v) is 2.54. The Morgan fingerprint density at radius 2 is 1.81 bits per heavy atom. The maximum absolute atomic E-state index is 13.4. The van der Waals surface area contributed by atoms with Crippen LogP contribution in [0.4, 0.5) is 19.3 Å². The molecule has 0 fully saturated rings. The van der Waals surface area contributed by atoms with Crippen LogP contribution in [-0.4, -0.2) is 19.8 Å². The summed E-state index contributed by atoms with van der Waals surface area (Å²) >= 11 is 0. The number of ether oxygens (including phenoxy) is 3. The van der Waals surface area contributed by atoms with Gasteiger partial charge in [0.05, 0.1) is 30.5 Å². The summed E-state index contributed by atoms with van der Waals surface area (Å²) in [6.45, 7) is 5.77. The van der Waals surface area contributed by atoms with Gasteiger partial charge in [-0.05, 0) is 56.2 Å². The number of hydrogen-bond acceptors (Lipinski definition) is 4. The maximum Gasteiger partial charge on any atom is 0.411 e. The second kappa shape index (κ2) is 9.21. The quantitative estimate of drug-likeness (QED) is 0.700. The molecule has 146 valence electrons. The Balaban J connectivity index is 2.36. The van der Waals surface area contributed by atoms with Gasteiger partial charge in [-0.25, -0.2) is 13.6 Å². The molecule has 2 aromatic carbocycles. The number of carbonyl (C=O) groups is 1. The minimum atomic E-state index is -2.66. The average molecular weight is 379 g/mol. The molecule has 0 saturated heterocycles. The van der Waals surface area contributed by atoms with E-state index in [1.54, 1.807) is 31.2 Å². The highest BCUT2D eigenvalue weighted by atomic mass is 19.3. The van der Waals surface area contributed by atoms with Gasteiger partial charge in [-0.1, -0.05) is 6.07 Å². The lowest BCUT2D eigenvalue weighted by Crippen LogP contribution is -2.14. The minimum absolute atomic E-state index is 0.0578. The Labute approximate surface area is 157 Å². The van der Waals surface area contributed by atoms with Crippen LogP contribution in [-0.2, 0) is 11.3 Å². The molecule has 27 heavy (non-hydrogen) atoms. The van der Waals surface area contributed by atoms with Crippen LogP contribution in [0, 0.1) is 13.8 Å².